The number of aromatic nitrogens is 1. The summed E-state index contributed by atoms with van der Waals surface area (Å²) in [7, 11) is 1.59. The van der Waals surface area contributed by atoms with E-state index in [1.165, 1.54) is 5.56 Å². The van der Waals surface area contributed by atoms with Gasteiger partial charge >= 0.3 is 0 Å². The summed E-state index contributed by atoms with van der Waals surface area (Å²) in [5, 5.41) is 3.98. The summed E-state index contributed by atoms with van der Waals surface area (Å²) >= 11 is 6.31. The number of aliphatic imine (C=N–C) groups is 1. The zero-order valence-electron chi connectivity index (χ0n) is 17.5. The van der Waals surface area contributed by atoms with Crippen LogP contribution in [0.2, 0.25) is 5.02 Å². The van der Waals surface area contributed by atoms with Crippen molar-refractivity contribution in [1.29, 1.82) is 0 Å². The van der Waals surface area contributed by atoms with Gasteiger partial charge in [-0.1, -0.05) is 62.7 Å². The predicted octanol–water partition coefficient (Wildman–Crippen LogP) is 4.94. The van der Waals surface area contributed by atoms with Gasteiger partial charge in [-0.15, -0.1) is 0 Å². The maximum Gasteiger partial charge on any atom is 0.258 e. The molecule has 1 heterocycles. The summed E-state index contributed by atoms with van der Waals surface area (Å²) in [4.78, 5) is 21.2. The fourth-order valence-corrected chi connectivity index (χ4v) is 3.26. The minimum absolute atomic E-state index is 0.0645. The number of amidine groups is 1. The van der Waals surface area contributed by atoms with Crippen LogP contribution in [-0.4, -0.2) is 23.8 Å². The summed E-state index contributed by atoms with van der Waals surface area (Å²) < 4.78 is 0. The molecule has 2 aromatic carbocycles. The van der Waals surface area contributed by atoms with E-state index in [0.29, 0.717) is 27.6 Å². The first kappa shape index (κ1) is 21.5. The molecular formula is C24H25ClN4O. The molecule has 0 radical (unpaired) electrons. The molecule has 0 saturated carbocycles. The number of rotatable bonds is 3. The quantitative estimate of drug-likeness (QED) is 0.465. The first-order valence-corrected chi connectivity index (χ1v) is 9.97. The molecule has 0 spiro atoms. The Balaban J connectivity index is 1.81. The number of nitrogens with zero attached hydrogens (tertiary/aromatic N) is 2. The topological polar surface area (TPSA) is 80.4 Å². The molecule has 0 unspecified atom stereocenters. The van der Waals surface area contributed by atoms with E-state index in [1.54, 1.807) is 31.5 Å². The van der Waals surface area contributed by atoms with E-state index in [-0.39, 0.29) is 11.3 Å². The van der Waals surface area contributed by atoms with Gasteiger partial charge in [-0.2, -0.15) is 0 Å². The zero-order valence-corrected chi connectivity index (χ0v) is 18.3. The molecule has 1 aromatic heterocycles. The number of halogens is 1. The van der Waals surface area contributed by atoms with Crippen LogP contribution in [0.25, 0.3) is 16.6 Å². The highest BCUT2D eigenvalue weighted by molar-refractivity contribution is 6.35. The smallest absolute Gasteiger partial charge is 0.258 e. The molecule has 3 aromatic rings. The zero-order chi connectivity index (χ0) is 21.9. The maximum absolute atomic E-state index is 12.8. The van der Waals surface area contributed by atoms with Crippen LogP contribution in [0.4, 0.5) is 0 Å². The first-order chi connectivity index (χ1) is 14.2. The van der Waals surface area contributed by atoms with Crippen molar-refractivity contribution in [1.82, 2.24) is 10.3 Å². The number of hydrogen-bond donors (Lipinski definition) is 2. The maximum atomic E-state index is 12.8. The number of amides is 1. The van der Waals surface area contributed by atoms with Crippen molar-refractivity contribution >= 4 is 39.9 Å². The van der Waals surface area contributed by atoms with E-state index in [4.69, 9.17) is 17.3 Å². The van der Waals surface area contributed by atoms with Crippen LogP contribution in [-0.2, 0) is 5.41 Å². The van der Waals surface area contributed by atoms with Crippen LogP contribution >= 0.6 is 11.6 Å². The lowest BCUT2D eigenvalue weighted by Gasteiger charge is -2.19. The number of nitrogens with one attached hydrogen (secondary N) is 1. The summed E-state index contributed by atoms with van der Waals surface area (Å²) in [6.45, 7) is 6.48. The molecule has 154 valence electrons. The molecule has 1 amide bonds. The number of carbonyl (C=O) groups excluding carboxylic acids is 1. The van der Waals surface area contributed by atoms with Gasteiger partial charge in [0.05, 0.1) is 16.1 Å². The lowest BCUT2D eigenvalue weighted by atomic mass is 9.86. The Bertz CT molecular complexity index is 1140. The molecule has 0 bridgehead atoms. The third kappa shape index (κ3) is 4.86. The summed E-state index contributed by atoms with van der Waals surface area (Å²) in [6, 6.07) is 15.1. The lowest BCUT2D eigenvalue weighted by Crippen LogP contribution is -2.30. The molecule has 0 saturated heterocycles. The van der Waals surface area contributed by atoms with E-state index in [1.807, 2.05) is 24.3 Å². The van der Waals surface area contributed by atoms with Gasteiger partial charge in [0, 0.05) is 30.4 Å². The Morgan fingerprint density at radius 1 is 1.17 bits per heavy atom. The molecule has 0 fully saturated rings. The van der Waals surface area contributed by atoms with Crippen LogP contribution in [0.1, 0.15) is 42.3 Å². The van der Waals surface area contributed by atoms with Gasteiger partial charge in [-0.3, -0.25) is 14.8 Å². The monoisotopic (exact) mass is 420 g/mol. The molecular weight excluding hydrogens is 396 g/mol. The molecule has 0 aliphatic carbocycles. The van der Waals surface area contributed by atoms with Crippen LogP contribution in [0.15, 0.2) is 65.8 Å². The van der Waals surface area contributed by atoms with Crippen molar-refractivity contribution in [2.24, 2.45) is 10.7 Å². The van der Waals surface area contributed by atoms with E-state index in [2.05, 4.69) is 48.2 Å². The van der Waals surface area contributed by atoms with Crippen LogP contribution in [0.3, 0.4) is 0 Å². The molecule has 0 aliphatic heterocycles. The molecule has 6 heteroatoms. The van der Waals surface area contributed by atoms with Crippen LogP contribution < -0.4 is 11.1 Å². The minimum Gasteiger partial charge on any atom is -0.398 e. The van der Waals surface area contributed by atoms with Gasteiger partial charge in [0.25, 0.3) is 5.91 Å². The van der Waals surface area contributed by atoms with Gasteiger partial charge in [0.15, 0.2) is 0 Å². The average Bonchev–Trinajstić information content (AvgIpc) is 2.72. The Labute approximate surface area is 181 Å². The highest BCUT2D eigenvalue weighted by Crippen LogP contribution is 2.24. The normalized spacial score (nSPS) is 12.8. The van der Waals surface area contributed by atoms with Crippen molar-refractivity contribution in [3.63, 3.8) is 0 Å². The fourth-order valence-electron chi connectivity index (χ4n) is 3.00. The highest BCUT2D eigenvalue weighted by Gasteiger charge is 2.15. The van der Waals surface area contributed by atoms with Crippen molar-refractivity contribution in [3.8, 4) is 0 Å². The van der Waals surface area contributed by atoms with Gasteiger partial charge in [-0.25, -0.2) is 0 Å². The third-order valence-electron chi connectivity index (χ3n) is 4.80. The summed E-state index contributed by atoms with van der Waals surface area (Å²) in [6.07, 6.45) is 3.31. The number of hydrogen-bond acceptors (Lipinski definition) is 4. The molecule has 3 N–H and O–H groups in total. The standard InChI is InChI=1S/C24H25ClN4O/c1-24(2,3)17-9-7-15(8-10-17)20(26)14-22(27-4)29-23(30)18-13-21-16(12-19(18)25)6-5-11-28-21/h5-14H,26H2,1-4H3,(H,27,29,30). The van der Waals surface area contributed by atoms with Crippen molar-refractivity contribution in [2.75, 3.05) is 7.05 Å². The number of benzene rings is 2. The van der Waals surface area contributed by atoms with Crippen molar-refractivity contribution in [2.45, 2.75) is 26.2 Å². The summed E-state index contributed by atoms with van der Waals surface area (Å²) in [5.74, 6) is -0.0325. The number of fused-ring (bicyclic) bond motifs is 1. The van der Waals surface area contributed by atoms with Crippen molar-refractivity contribution < 1.29 is 4.79 Å². The second kappa shape index (κ2) is 8.67. The lowest BCUT2D eigenvalue weighted by molar-refractivity contribution is 0.0977. The molecule has 0 aliphatic rings. The molecule has 3 rings (SSSR count). The Hall–Kier alpha value is -3.18. The third-order valence-corrected chi connectivity index (χ3v) is 5.11. The Morgan fingerprint density at radius 2 is 1.87 bits per heavy atom. The Morgan fingerprint density at radius 3 is 2.50 bits per heavy atom. The molecule has 5 nitrogen and oxygen atoms in total. The van der Waals surface area contributed by atoms with Crippen LogP contribution in [0.5, 0.6) is 0 Å². The van der Waals surface area contributed by atoms with Crippen molar-refractivity contribution in [3.05, 3.63) is 82.5 Å². The average molecular weight is 421 g/mol. The van der Waals surface area contributed by atoms with E-state index in [9.17, 15) is 4.79 Å². The number of nitrogens with two attached hydrogens (primary N) is 1. The predicted molar refractivity (Wildman–Crippen MR) is 125 cm³/mol. The second-order valence-corrected chi connectivity index (χ2v) is 8.43. The van der Waals surface area contributed by atoms with Gasteiger partial charge < -0.3 is 11.1 Å². The summed E-state index contributed by atoms with van der Waals surface area (Å²) in [5.41, 5.74) is 9.90. The second-order valence-electron chi connectivity index (χ2n) is 8.02. The fraction of sp³-hybridized carbons (Fsp3) is 0.208. The minimum atomic E-state index is -0.375. The molecule has 30 heavy (non-hydrogen) atoms. The first-order valence-electron chi connectivity index (χ1n) is 9.59. The molecule has 0 atom stereocenters. The van der Waals surface area contributed by atoms with Crippen LogP contribution in [0, 0.1) is 0 Å². The SMILES string of the molecule is CN=C(C=C(N)c1ccc(C(C)(C)C)cc1)NC(=O)c1cc2ncccc2cc1Cl. The van der Waals surface area contributed by atoms with Gasteiger partial charge in [0.2, 0.25) is 0 Å². The highest BCUT2D eigenvalue weighted by atomic mass is 35.5. The van der Waals surface area contributed by atoms with Gasteiger partial charge in [-0.05, 0) is 34.7 Å². The number of pyridine rings is 1. The van der Waals surface area contributed by atoms with E-state index in [0.717, 1.165) is 10.9 Å². The van der Waals surface area contributed by atoms with E-state index < -0.39 is 0 Å². The Kier molecular flexibility index (Phi) is 6.22. The van der Waals surface area contributed by atoms with Gasteiger partial charge in [0.1, 0.15) is 5.84 Å². The number of carbonyl (C=O) groups is 1. The largest absolute Gasteiger partial charge is 0.398 e. The van der Waals surface area contributed by atoms with E-state index >= 15 is 0 Å².